The van der Waals surface area contributed by atoms with Crippen LogP contribution in [0.3, 0.4) is 0 Å². The molecule has 130 valence electrons. The molecule has 25 heavy (non-hydrogen) atoms. The van der Waals surface area contributed by atoms with Gasteiger partial charge in [0.25, 0.3) is 0 Å². The number of amides is 2. The average Bonchev–Trinajstić information content (AvgIpc) is 3.31. The first kappa shape index (κ1) is 16.9. The van der Waals surface area contributed by atoms with E-state index in [-0.39, 0.29) is 12.6 Å². The normalized spacial score (nSPS) is 10.3. The van der Waals surface area contributed by atoms with E-state index in [0.29, 0.717) is 22.9 Å². The Morgan fingerprint density at radius 3 is 2.76 bits per heavy atom. The van der Waals surface area contributed by atoms with Crippen LogP contribution in [0.15, 0.2) is 52.3 Å². The minimum Gasteiger partial charge on any atom is -0.497 e. The van der Waals surface area contributed by atoms with E-state index >= 15 is 0 Å². The maximum atomic E-state index is 12.1. The summed E-state index contributed by atoms with van der Waals surface area (Å²) in [6.07, 6.45) is 0. The number of benzene rings is 1. The summed E-state index contributed by atoms with van der Waals surface area (Å²) in [5, 5.41) is 7.50. The third kappa shape index (κ3) is 4.13. The van der Waals surface area contributed by atoms with E-state index in [1.165, 1.54) is 7.11 Å². The molecule has 0 unspecified atom stereocenters. The Hall–Kier alpha value is -2.93. The Morgan fingerprint density at radius 2 is 2.04 bits per heavy atom. The maximum Gasteiger partial charge on any atom is 0.319 e. The van der Waals surface area contributed by atoms with Crippen LogP contribution >= 0.6 is 11.3 Å². The van der Waals surface area contributed by atoms with Crippen LogP contribution in [0.25, 0.3) is 10.6 Å². The molecule has 6 nitrogen and oxygen atoms in total. The van der Waals surface area contributed by atoms with Gasteiger partial charge in [0.2, 0.25) is 0 Å². The summed E-state index contributed by atoms with van der Waals surface area (Å²) in [4.78, 5) is 13.1. The summed E-state index contributed by atoms with van der Waals surface area (Å²) >= 11 is 1.61. The minimum absolute atomic E-state index is 0.287. The van der Waals surface area contributed by atoms with Crippen molar-refractivity contribution in [1.82, 2.24) is 5.32 Å². The fourth-order valence-electron chi connectivity index (χ4n) is 2.26. The molecular formula is C18H18N2O4S. The molecule has 2 N–H and O–H groups in total. The van der Waals surface area contributed by atoms with Crippen LogP contribution in [0.5, 0.6) is 11.5 Å². The first-order valence-electron chi connectivity index (χ1n) is 7.59. The molecule has 0 fully saturated rings. The van der Waals surface area contributed by atoms with Crippen molar-refractivity contribution in [3.63, 3.8) is 0 Å². The van der Waals surface area contributed by atoms with Gasteiger partial charge in [-0.25, -0.2) is 4.79 Å². The van der Waals surface area contributed by atoms with Crippen molar-refractivity contribution < 1.29 is 18.7 Å². The highest BCUT2D eigenvalue weighted by Gasteiger charge is 2.10. The zero-order valence-electron chi connectivity index (χ0n) is 13.9. The van der Waals surface area contributed by atoms with E-state index in [0.717, 1.165) is 10.6 Å². The smallest absolute Gasteiger partial charge is 0.319 e. The first-order chi connectivity index (χ1) is 12.2. The maximum absolute atomic E-state index is 12.1. The second-order valence-electron chi connectivity index (χ2n) is 5.12. The molecule has 1 aromatic carbocycles. The molecule has 0 spiro atoms. The molecular weight excluding hydrogens is 340 g/mol. The van der Waals surface area contributed by atoms with Crippen molar-refractivity contribution >= 4 is 23.1 Å². The fourth-order valence-corrected chi connectivity index (χ4v) is 2.95. The van der Waals surface area contributed by atoms with Crippen LogP contribution in [0, 0.1) is 0 Å². The molecule has 7 heteroatoms. The van der Waals surface area contributed by atoms with E-state index in [2.05, 4.69) is 10.6 Å². The number of hydrogen-bond donors (Lipinski definition) is 2. The molecule has 2 amide bonds. The molecule has 0 aliphatic carbocycles. The summed E-state index contributed by atoms with van der Waals surface area (Å²) in [5.41, 5.74) is 0.555. The SMILES string of the molecule is COc1ccc(NC(=O)NCc2ccc(-c3cccs3)o2)c(OC)c1. The zero-order chi connectivity index (χ0) is 17.6. The first-order valence-corrected chi connectivity index (χ1v) is 8.47. The largest absolute Gasteiger partial charge is 0.497 e. The fraction of sp³-hybridized carbons (Fsp3) is 0.167. The number of thiophene rings is 1. The van der Waals surface area contributed by atoms with Gasteiger partial charge in [-0.05, 0) is 35.7 Å². The van der Waals surface area contributed by atoms with Crippen molar-refractivity contribution in [3.8, 4) is 22.1 Å². The van der Waals surface area contributed by atoms with Gasteiger partial charge in [0.05, 0.1) is 31.3 Å². The summed E-state index contributed by atoms with van der Waals surface area (Å²) < 4.78 is 16.1. The Labute approximate surface area is 149 Å². The molecule has 0 saturated heterocycles. The Balaban J connectivity index is 1.58. The molecule has 0 radical (unpaired) electrons. The predicted molar refractivity (Wildman–Crippen MR) is 97.4 cm³/mol. The third-order valence-corrected chi connectivity index (χ3v) is 4.39. The van der Waals surface area contributed by atoms with E-state index in [9.17, 15) is 4.79 Å². The predicted octanol–water partition coefficient (Wildman–Crippen LogP) is 4.35. The van der Waals surface area contributed by atoms with Gasteiger partial charge in [-0.3, -0.25) is 0 Å². The van der Waals surface area contributed by atoms with E-state index < -0.39 is 0 Å². The molecule has 3 aromatic rings. The number of anilines is 1. The van der Waals surface area contributed by atoms with Crippen LogP contribution in [-0.4, -0.2) is 20.3 Å². The van der Waals surface area contributed by atoms with Crippen LogP contribution < -0.4 is 20.1 Å². The van der Waals surface area contributed by atoms with Crippen LogP contribution in [-0.2, 0) is 6.54 Å². The third-order valence-electron chi connectivity index (χ3n) is 3.51. The molecule has 0 saturated carbocycles. The Kier molecular flexibility index (Phi) is 5.25. The second-order valence-corrected chi connectivity index (χ2v) is 6.06. The van der Waals surface area contributed by atoms with Gasteiger partial charge in [-0.1, -0.05) is 6.07 Å². The lowest BCUT2D eigenvalue weighted by molar-refractivity contribution is 0.250. The molecule has 3 rings (SSSR count). The Morgan fingerprint density at radius 1 is 1.16 bits per heavy atom. The highest BCUT2D eigenvalue weighted by atomic mass is 32.1. The van der Waals surface area contributed by atoms with Crippen LogP contribution in [0.4, 0.5) is 10.5 Å². The minimum atomic E-state index is -0.349. The van der Waals surface area contributed by atoms with Gasteiger partial charge in [-0.15, -0.1) is 11.3 Å². The molecule has 0 bridgehead atoms. The highest BCUT2D eigenvalue weighted by molar-refractivity contribution is 7.13. The highest BCUT2D eigenvalue weighted by Crippen LogP contribution is 2.29. The lowest BCUT2D eigenvalue weighted by Gasteiger charge is -2.12. The standard InChI is InChI=1S/C18H18N2O4S/c1-22-12-5-7-14(16(10-12)23-2)20-18(21)19-11-13-6-8-15(24-13)17-4-3-9-25-17/h3-10H,11H2,1-2H3,(H2,19,20,21). The number of carbonyl (C=O) groups is 1. The molecule has 0 aliphatic rings. The average molecular weight is 358 g/mol. The summed E-state index contributed by atoms with van der Waals surface area (Å²) in [5.74, 6) is 2.65. The van der Waals surface area contributed by atoms with Crippen molar-refractivity contribution in [2.75, 3.05) is 19.5 Å². The van der Waals surface area contributed by atoms with Gasteiger partial charge >= 0.3 is 6.03 Å². The number of nitrogens with one attached hydrogen (secondary N) is 2. The summed E-state index contributed by atoms with van der Waals surface area (Å²) in [6.45, 7) is 0.287. The molecule has 2 aromatic heterocycles. The Bertz CT molecular complexity index is 843. The van der Waals surface area contributed by atoms with Gasteiger partial charge in [0.15, 0.2) is 0 Å². The lowest BCUT2D eigenvalue weighted by Crippen LogP contribution is -2.28. The lowest BCUT2D eigenvalue weighted by atomic mass is 10.2. The van der Waals surface area contributed by atoms with E-state index in [1.807, 2.05) is 29.6 Å². The zero-order valence-corrected chi connectivity index (χ0v) is 14.7. The van der Waals surface area contributed by atoms with Gasteiger partial charge in [-0.2, -0.15) is 0 Å². The van der Waals surface area contributed by atoms with Crippen LogP contribution in [0.1, 0.15) is 5.76 Å². The van der Waals surface area contributed by atoms with Gasteiger partial charge < -0.3 is 24.5 Å². The monoisotopic (exact) mass is 358 g/mol. The van der Waals surface area contributed by atoms with E-state index in [1.54, 1.807) is 36.6 Å². The quantitative estimate of drug-likeness (QED) is 0.687. The number of ether oxygens (including phenoxy) is 2. The van der Waals surface area contributed by atoms with Gasteiger partial charge in [0, 0.05) is 6.07 Å². The molecule has 0 aliphatic heterocycles. The number of hydrogen-bond acceptors (Lipinski definition) is 5. The van der Waals surface area contributed by atoms with Crippen LogP contribution in [0.2, 0.25) is 0 Å². The number of rotatable bonds is 6. The van der Waals surface area contributed by atoms with Crippen molar-refractivity contribution in [2.45, 2.75) is 6.54 Å². The summed E-state index contributed by atoms with van der Waals surface area (Å²) in [6, 6.07) is 12.5. The van der Waals surface area contributed by atoms with Crippen molar-refractivity contribution in [3.05, 3.63) is 53.6 Å². The van der Waals surface area contributed by atoms with Gasteiger partial charge in [0.1, 0.15) is 23.0 Å². The number of methoxy groups -OCH3 is 2. The van der Waals surface area contributed by atoms with Crippen molar-refractivity contribution in [2.24, 2.45) is 0 Å². The number of furan rings is 1. The van der Waals surface area contributed by atoms with Crippen molar-refractivity contribution in [1.29, 1.82) is 0 Å². The number of carbonyl (C=O) groups excluding carboxylic acids is 1. The topological polar surface area (TPSA) is 72.7 Å². The second kappa shape index (κ2) is 7.76. The number of urea groups is 1. The van der Waals surface area contributed by atoms with E-state index in [4.69, 9.17) is 13.9 Å². The molecule has 0 atom stereocenters. The summed E-state index contributed by atoms with van der Waals surface area (Å²) in [7, 11) is 3.11. The molecule has 2 heterocycles.